The summed E-state index contributed by atoms with van der Waals surface area (Å²) in [5, 5.41) is 3.04. The molecule has 6 heteroatoms. The molecule has 0 saturated carbocycles. The van der Waals surface area contributed by atoms with Crippen LogP contribution >= 0.6 is 0 Å². The zero-order valence-corrected chi connectivity index (χ0v) is 14.5. The van der Waals surface area contributed by atoms with Gasteiger partial charge in [-0.05, 0) is 63.1 Å². The van der Waals surface area contributed by atoms with E-state index in [2.05, 4.69) is 10.0 Å². The highest BCUT2D eigenvalue weighted by Crippen LogP contribution is 2.28. The first-order chi connectivity index (χ1) is 10.7. The lowest BCUT2D eigenvalue weighted by Crippen LogP contribution is -2.18. The Balaban J connectivity index is 2.42. The molecule has 2 N–H and O–H groups in total. The maximum atomic E-state index is 14.1. The molecule has 0 amide bonds. The van der Waals surface area contributed by atoms with Crippen molar-refractivity contribution in [1.82, 2.24) is 0 Å². The van der Waals surface area contributed by atoms with Gasteiger partial charge in [-0.1, -0.05) is 12.1 Å². The number of anilines is 2. The molecule has 2 aromatic carbocycles. The summed E-state index contributed by atoms with van der Waals surface area (Å²) in [4.78, 5) is 0.111. The number of nitrogens with one attached hydrogen (secondary N) is 2. The maximum Gasteiger partial charge on any atom is 0.262 e. The van der Waals surface area contributed by atoms with Crippen LogP contribution in [0.3, 0.4) is 0 Å². The van der Waals surface area contributed by atoms with Gasteiger partial charge in [0, 0.05) is 6.04 Å². The van der Waals surface area contributed by atoms with Crippen molar-refractivity contribution < 1.29 is 12.8 Å². The molecule has 0 saturated heterocycles. The molecule has 0 spiro atoms. The fraction of sp³-hybridized carbons (Fsp3) is 0.294. The van der Waals surface area contributed by atoms with Crippen LogP contribution in [-0.4, -0.2) is 14.5 Å². The van der Waals surface area contributed by atoms with Gasteiger partial charge in [0.2, 0.25) is 0 Å². The molecule has 124 valence electrons. The van der Waals surface area contributed by atoms with E-state index in [1.807, 2.05) is 27.7 Å². The van der Waals surface area contributed by atoms with Crippen molar-refractivity contribution in [3.8, 4) is 0 Å². The molecule has 0 heterocycles. The van der Waals surface area contributed by atoms with E-state index in [-0.39, 0.29) is 16.6 Å². The van der Waals surface area contributed by atoms with Crippen molar-refractivity contribution in [2.45, 2.75) is 38.6 Å². The Hall–Kier alpha value is -2.08. The predicted molar refractivity (Wildman–Crippen MR) is 91.9 cm³/mol. The Bertz CT molecular complexity index is 817. The average molecular weight is 336 g/mol. The van der Waals surface area contributed by atoms with Gasteiger partial charge in [0.15, 0.2) is 0 Å². The lowest BCUT2D eigenvalue weighted by Gasteiger charge is -2.17. The van der Waals surface area contributed by atoms with E-state index in [0.29, 0.717) is 5.69 Å². The van der Waals surface area contributed by atoms with Crippen LogP contribution in [0.25, 0.3) is 0 Å². The number of para-hydroxylation sites is 1. The molecule has 0 atom stereocenters. The largest absolute Gasteiger partial charge is 0.381 e. The second-order valence-electron chi connectivity index (χ2n) is 5.81. The van der Waals surface area contributed by atoms with E-state index in [0.717, 1.165) is 11.1 Å². The van der Waals surface area contributed by atoms with Gasteiger partial charge in [0.05, 0.1) is 10.6 Å². The van der Waals surface area contributed by atoms with Crippen molar-refractivity contribution in [2.24, 2.45) is 0 Å². The second kappa shape index (κ2) is 6.58. The van der Waals surface area contributed by atoms with E-state index >= 15 is 0 Å². The molecule has 0 bridgehead atoms. The predicted octanol–water partition coefficient (Wildman–Crippen LogP) is 4.06. The molecule has 2 rings (SSSR count). The highest BCUT2D eigenvalue weighted by atomic mass is 32.2. The second-order valence-corrected chi connectivity index (χ2v) is 7.50. The molecule has 0 fully saturated rings. The topological polar surface area (TPSA) is 58.2 Å². The number of rotatable bonds is 5. The van der Waals surface area contributed by atoms with Crippen LogP contribution < -0.4 is 10.0 Å². The lowest BCUT2D eigenvalue weighted by molar-refractivity contribution is 0.598. The third-order valence-electron chi connectivity index (χ3n) is 3.48. The number of benzene rings is 2. The lowest BCUT2D eigenvalue weighted by atomic mass is 10.1. The quantitative estimate of drug-likeness (QED) is 0.865. The third kappa shape index (κ3) is 4.01. The number of halogens is 1. The van der Waals surface area contributed by atoms with E-state index in [4.69, 9.17) is 0 Å². The van der Waals surface area contributed by atoms with Gasteiger partial charge in [0.25, 0.3) is 10.0 Å². The van der Waals surface area contributed by atoms with Crippen LogP contribution in [0.15, 0.2) is 41.3 Å². The van der Waals surface area contributed by atoms with Crippen molar-refractivity contribution in [1.29, 1.82) is 0 Å². The van der Waals surface area contributed by atoms with Crippen LogP contribution in [0.4, 0.5) is 15.8 Å². The minimum Gasteiger partial charge on any atom is -0.381 e. The summed E-state index contributed by atoms with van der Waals surface area (Å²) >= 11 is 0. The fourth-order valence-electron chi connectivity index (χ4n) is 2.13. The molecular weight excluding hydrogens is 315 g/mol. The maximum absolute atomic E-state index is 14.1. The first kappa shape index (κ1) is 17.3. The minimum absolute atomic E-state index is 0.0432. The van der Waals surface area contributed by atoms with Gasteiger partial charge >= 0.3 is 0 Å². The summed E-state index contributed by atoms with van der Waals surface area (Å²) in [6.07, 6.45) is 0. The van der Waals surface area contributed by atoms with Crippen LogP contribution in [0.2, 0.25) is 0 Å². The summed E-state index contributed by atoms with van der Waals surface area (Å²) in [7, 11) is -3.86. The summed E-state index contributed by atoms with van der Waals surface area (Å²) in [6.45, 7) is 7.53. The third-order valence-corrected chi connectivity index (χ3v) is 4.83. The molecule has 23 heavy (non-hydrogen) atoms. The molecule has 0 radical (unpaired) electrons. The Morgan fingerprint density at radius 1 is 1.04 bits per heavy atom. The Labute approximate surface area is 136 Å². The Kier molecular flexibility index (Phi) is 4.94. The zero-order valence-electron chi connectivity index (χ0n) is 13.6. The van der Waals surface area contributed by atoms with Crippen molar-refractivity contribution in [3.63, 3.8) is 0 Å². The van der Waals surface area contributed by atoms with Gasteiger partial charge in [-0.15, -0.1) is 0 Å². The van der Waals surface area contributed by atoms with Gasteiger partial charge < -0.3 is 5.32 Å². The minimum atomic E-state index is -3.86. The van der Waals surface area contributed by atoms with Crippen molar-refractivity contribution >= 4 is 21.4 Å². The Morgan fingerprint density at radius 3 is 2.35 bits per heavy atom. The van der Waals surface area contributed by atoms with Crippen molar-refractivity contribution in [3.05, 3.63) is 53.3 Å². The van der Waals surface area contributed by atoms with Crippen LogP contribution in [0, 0.1) is 19.7 Å². The van der Waals surface area contributed by atoms with Crippen molar-refractivity contribution in [2.75, 3.05) is 10.0 Å². The fourth-order valence-corrected chi connectivity index (χ4v) is 3.31. The van der Waals surface area contributed by atoms with E-state index in [1.165, 1.54) is 18.2 Å². The summed E-state index contributed by atoms with van der Waals surface area (Å²) in [5.74, 6) is -0.622. The van der Waals surface area contributed by atoms with Crippen LogP contribution in [0.5, 0.6) is 0 Å². The highest BCUT2D eigenvalue weighted by Gasteiger charge is 2.19. The zero-order chi connectivity index (χ0) is 17.2. The number of hydrogen-bond acceptors (Lipinski definition) is 3. The smallest absolute Gasteiger partial charge is 0.262 e. The SMILES string of the molecule is Cc1ccc(S(=O)(=O)Nc2c(F)cccc2NC(C)C)cc1C. The molecule has 4 nitrogen and oxygen atoms in total. The van der Waals surface area contributed by atoms with Gasteiger partial charge in [0.1, 0.15) is 11.5 Å². The van der Waals surface area contributed by atoms with E-state index < -0.39 is 15.8 Å². The highest BCUT2D eigenvalue weighted by molar-refractivity contribution is 7.92. The number of sulfonamides is 1. The van der Waals surface area contributed by atoms with Gasteiger partial charge in [-0.2, -0.15) is 0 Å². The average Bonchev–Trinajstić information content (AvgIpc) is 2.45. The van der Waals surface area contributed by atoms with Crippen LogP contribution in [0.1, 0.15) is 25.0 Å². The molecule has 0 unspecified atom stereocenters. The first-order valence-electron chi connectivity index (χ1n) is 7.36. The molecule has 0 aliphatic carbocycles. The van der Waals surface area contributed by atoms with E-state index in [1.54, 1.807) is 18.2 Å². The summed E-state index contributed by atoms with van der Waals surface area (Å²) in [5.41, 5.74) is 2.20. The van der Waals surface area contributed by atoms with Gasteiger partial charge in [-0.3, -0.25) is 4.72 Å². The molecule has 2 aromatic rings. The standard InChI is InChI=1S/C17H21FN2O2S/c1-11(2)19-16-7-5-6-15(18)17(16)20-23(21,22)14-9-8-12(3)13(4)10-14/h5-11,19-20H,1-4H3. The number of aryl methyl sites for hydroxylation is 2. The van der Waals surface area contributed by atoms with Crippen LogP contribution in [-0.2, 0) is 10.0 Å². The molecular formula is C17H21FN2O2S. The Morgan fingerprint density at radius 2 is 1.74 bits per heavy atom. The first-order valence-corrected chi connectivity index (χ1v) is 8.84. The summed E-state index contributed by atoms with van der Waals surface area (Å²) < 4.78 is 41.6. The van der Waals surface area contributed by atoms with Gasteiger partial charge in [-0.25, -0.2) is 12.8 Å². The molecule has 0 aliphatic rings. The number of hydrogen-bond donors (Lipinski definition) is 2. The normalized spacial score (nSPS) is 11.6. The molecule has 0 aromatic heterocycles. The monoisotopic (exact) mass is 336 g/mol. The molecule has 0 aliphatic heterocycles. The van der Waals surface area contributed by atoms with E-state index in [9.17, 15) is 12.8 Å². The summed E-state index contributed by atoms with van der Waals surface area (Å²) in [6, 6.07) is 9.27.